The van der Waals surface area contributed by atoms with E-state index in [1.165, 1.54) is 5.69 Å². The summed E-state index contributed by atoms with van der Waals surface area (Å²) < 4.78 is 5.35. The van der Waals surface area contributed by atoms with Crippen molar-refractivity contribution in [2.45, 2.75) is 0 Å². The van der Waals surface area contributed by atoms with Gasteiger partial charge in [-0.15, -0.1) is 0 Å². The van der Waals surface area contributed by atoms with Gasteiger partial charge in [-0.05, 0) is 42.0 Å². The molecule has 1 saturated heterocycles. The van der Waals surface area contributed by atoms with Gasteiger partial charge < -0.3 is 9.64 Å². The van der Waals surface area contributed by atoms with Crippen molar-refractivity contribution in [3.8, 4) is 0 Å². The zero-order chi connectivity index (χ0) is 16.8. The van der Waals surface area contributed by atoms with Gasteiger partial charge in [0, 0.05) is 29.4 Å². The number of nitrogens with one attached hydrogen (secondary N) is 1. The van der Waals surface area contributed by atoms with E-state index < -0.39 is 0 Å². The molecule has 6 heteroatoms. The number of amides is 1. The van der Waals surface area contributed by atoms with Gasteiger partial charge in [0.2, 0.25) is 0 Å². The van der Waals surface area contributed by atoms with Gasteiger partial charge in [-0.1, -0.05) is 23.7 Å². The minimum atomic E-state index is -0.271. The molecular formula is C18H18ClN3O2. The van der Waals surface area contributed by atoms with Crippen molar-refractivity contribution in [2.75, 3.05) is 31.2 Å². The van der Waals surface area contributed by atoms with Gasteiger partial charge in [0.05, 0.1) is 19.4 Å². The van der Waals surface area contributed by atoms with Gasteiger partial charge in [-0.25, -0.2) is 5.43 Å². The highest BCUT2D eigenvalue weighted by Gasteiger charge is 2.10. The van der Waals surface area contributed by atoms with Crippen molar-refractivity contribution >= 4 is 29.4 Å². The molecule has 0 saturated carbocycles. The Kier molecular flexibility index (Phi) is 5.46. The number of carbonyl (C=O) groups is 1. The fraction of sp³-hybridized carbons (Fsp3) is 0.222. The van der Waals surface area contributed by atoms with Crippen LogP contribution in [0.3, 0.4) is 0 Å². The molecule has 2 aromatic rings. The Balaban J connectivity index is 1.56. The molecule has 1 fully saturated rings. The van der Waals surface area contributed by atoms with Crippen LogP contribution in [-0.4, -0.2) is 38.4 Å². The molecule has 0 aromatic heterocycles. The quantitative estimate of drug-likeness (QED) is 0.686. The lowest BCUT2D eigenvalue weighted by molar-refractivity contribution is 0.0955. The number of hydrazone groups is 1. The number of anilines is 1. The van der Waals surface area contributed by atoms with Gasteiger partial charge in [-0.3, -0.25) is 4.79 Å². The lowest BCUT2D eigenvalue weighted by Gasteiger charge is -2.28. The number of rotatable bonds is 4. The monoisotopic (exact) mass is 343 g/mol. The van der Waals surface area contributed by atoms with Crippen LogP contribution in [0.1, 0.15) is 15.9 Å². The molecule has 0 spiro atoms. The first-order chi connectivity index (χ1) is 11.7. The third-order valence-corrected chi connectivity index (χ3v) is 4.01. The van der Waals surface area contributed by atoms with Gasteiger partial charge in [-0.2, -0.15) is 5.10 Å². The number of nitrogens with zero attached hydrogens (tertiary/aromatic N) is 2. The summed E-state index contributed by atoms with van der Waals surface area (Å²) in [6, 6.07) is 14.7. The molecule has 1 heterocycles. The molecule has 5 nitrogen and oxygen atoms in total. The molecule has 1 amide bonds. The Morgan fingerprint density at radius 2 is 1.75 bits per heavy atom. The number of hydrogen-bond donors (Lipinski definition) is 1. The molecule has 3 rings (SSSR count). The number of hydrogen-bond acceptors (Lipinski definition) is 4. The summed E-state index contributed by atoms with van der Waals surface area (Å²) in [5.41, 5.74) is 5.11. The smallest absolute Gasteiger partial charge is 0.271 e. The maximum atomic E-state index is 11.9. The van der Waals surface area contributed by atoms with E-state index in [2.05, 4.69) is 15.4 Å². The predicted octanol–water partition coefficient (Wildman–Crippen LogP) is 2.94. The average Bonchev–Trinajstić information content (AvgIpc) is 2.63. The van der Waals surface area contributed by atoms with Gasteiger partial charge in [0.25, 0.3) is 5.91 Å². The Labute approximate surface area is 145 Å². The second-order valence-electron chi connectivity index (χ2n) is 5.40. The summed E-state index contributed by atoms with van der Waals surface area (Å²) in [5.74, 6) is -0.271. The van der Waals surface area contributed by atoms with E-state index in [4.69, 9.17) is 16.3 Å². The van der Waals surface area contributed by atoms with Crippen LogP contribution >= 0.6 is 11.6 Å². The molecule has 24 heavy (non-hydrogen) atoms. The van der Waals surface area contributed by atoms with E-state index in [-0.39, 0.29) is 5.91 Å². The van der Waals surface area contributed by atoms with Crippen LogP contribution in [0.25, 0.3) is 0 Å². The third kappa shape index (κ3) is 4.34. The molecule has 0 radical (unpaired) electrons. The van der Waals surface area contributed by atoms with Crippen molar-refractivity contribution in [3.63, 3.8) is 0 Å². The lowest BCUT2D eigenvalue weighted by Crippen LogP contribution is -2.36. The summed E-state index contributed by atoms with van der Waals surface area (Å²) in [6.45, 7) is 3.34. The van der Waals surface area contributed by atoms with Crippen LogP contribution in [0.15, 0.2) is 53.6 Å². The molecule has 1 aliphatic rings. The highest BCUT2D eigenvalue weighted by Crippen LogP contribution is 2.16. The van der Waals surface area contributed by atoms with Crippen LogP contribution in [0.5, 0.6) is 0 Å². The van der Waals surface area contributed by atoms with Crippen molar-refractivity contribution in [2.24, 2.45) is 5.10 Å². The predicted molar refractivity (Wildman–Crippen MR) is 96.0 cm³/mol. The number of ether oxygens (including phenoxy) is 1. The highest BCUT2D eigenvalue weighted by atomic mass is 35.5. The SMILES string of the molecule is O=C(NN=Cc1ccc(N2CCOCC2)cc1)c1ccc(Cl)cc1. The largest absolute Gasteiger partial charge is 0.378 e. The number of morpholine rings is 1. The minimum Gasteiger partial charge on any atom is -0.378 e. The van der Waals surface area contributed by atoms with Crippen molar-refractivity contribution in [1.82, 2.24) is 5.43 Å². The molecule has 1 aliphatic heterocycles. The van der Waals surface area contributed by atoms with E-state index in [1.54, 1.807) is 30.5 Å². The zero-order valence-corrected chi connectivity index (χ0v) is 13.9. The molecule has 0 aliphatic carbocycles. The average molecular weight is 344 g/mol. The van der Waals surface area contributed by atoms with Crippen molar-refractivity contribution in [1.29, 1.82) is 0 Å². The van der Waals surface area contributed by atoms with Crippen molar-refractivity contribution < 1.29 is 9.53 Å². The maximum Gasteiger partial charge on any atom is 0.271 e. The van der Waals surface area contributed by atoms with E-state index in [0.717, 1.165) is 31.9 Å². The Morgan fingerprint density at radius 1 is 1.08 bits per heavy atom. The zero-order valence-electron chi connectivity index (χ0n) is 13.1. The molecule has 2 aromatic carbocycles. The normalized spacial score (nSPS) is 14.8. The number of carbonyl (C=O) groups excluding carboxylic acids is 1. The second-order valence-corrected chi connectivity index (χ2v) is 5.83. The maximum absolute atomic E-state index is 11.9. The van der Waals surface area contributed by atoms with E-state index in [1.807, 2.05) is 24.3 Å². The molecule has 0 bridgehead atoms. The number of halogens is 1. The van der Waals surface area contributed by atoms with Crippen LogP contribution in [0.2, 0.25) is 5.02 Å². The first kappa shape index (κ1) is 16.5. The fourth-order valence-electron chi connectivity index (χ4n) is 2.42. The minimum absolute atomic E-state index is 0.271. The molecule has 124 valence electrons. The lowest BCUT2D eigenvalue weighted by atomic mass is 10.2. The second kappa shape index (κ2) is 7.95. The number of benzene rings is 2. The van der Waals surface area contributed by atoms with Gasteiger partial charge in [0.15, 0.2) is 0 Å². The fourth-order valence-corrected chi connectivity index (χ4v) is 2.55. The van der Waals surface area contributed by atoms with Gasteiger partial charge >= 0.3 is 0 Å². The summed E-state index contributed by atoms with van der Waals surface area (Å²) >= 11 is 5.80. The summed E-state index contributed by atoms with van der Waals surface area (Å²) in [7, 11) is 0. The third-order valence-electron chi connectivity index (χ3n) is 3.76. The van der Waals surface area contributed by atoms with Gasteiger partial charge in [0.1, 0.15) is 0 Å². The highest BCUT2D eigenvalue weighted by molar-refractivity contribution is 6.30. The molecular weight excluding hydrogens is 326 g/mol. The first-order valence-corrected chi connectivity index (χ1v) is 8.12. The van der Waals surface area contributed by atoms with Crippen LogP contribution in [-0.2, 0) is 4.74 Å². The van der Waals surface area contributed by atoms with E-state index in [9.17, 15) is 4.79 Å². The summed E-state index contributed by atoms with van der Waals surface area (Å²) in [6.07, 6.45) is 1.62. The van der Waals surface area contributed by atoms with E-state index >= 15 is 0 Å². The topological polar surface area (TPSA) is 53.9 Å². The van der Waals surface area contributed by atoms with Crippen molar-refractivity contribution in [3.05, 3.63) is 64.7 Å². The standard InChI is InChI=1S/C18H18ClN3O2/c19-16-5-3-15(4-6-16)18(23)21-20-13-14-1-7-17(8-2-14)22-9-11-24-12-10-22/h1-8,13H,9-12H2,(H,21,23). The van der Waals surface area contributed by atoms with Crippen LogP contribution in [0.4, 0.5) is 5.69 Å². The first-order valence-electron chi connectivity index (χ1n) is 7.74. The van der Waals surface area contributed by atoms with Crippen LogP contribution < -0.4 is 10.3 Å². The van der Waals surface area contributed by atoms with E-state index in [0.29, 0.717) is 10.6 Å². The molecule has 0 atom stereocenters. The van der Waals surface area contributed by atoms with Crippen LogP contribution in [0, 0.1) is 0 Å². The Morgan fingerprint density at radius 3 is 2.42 bits per heavy atom. The Hall–Kier alpha value is -2.37. The summed E-state index contributed by atoms with van der Waals surface area (Å²) in [5, 5.41) is 4.58. The molecule has 1 N–H and O–H groups in total. The Bertz CT molecular complexity index is 708. The molecule has 0 unspecified atom stereocenters. The summed E-state index contributed by atoms with van der Waals surface area (Å²) in [4.78, 5) is 14.2.